The average Bonchev–Trinajstić information content (AvgIpc) is 3.00. The highest BCUT2D eigenvalue weighted by Crippen LogP contribution is 2.37. The lowest BCUT2D eigenvalue weighted by molar-refractivity contribution is -0.123. The number of sulfone groups is 1. The Hall–Kier alpha value is -1.65. The Morgan fingerprint density at radius 1 is 1.25 bits per heavy atom. The summed E-state index contributed by atoms with van der Waals surface area (Å²) in [5.74, 6) is -1.55. The van der Waals surface area contributed by atoms with Crippen LogP contribution in [0.5, 0.6) is 0 Å². The quantitative estimate of drug-likeness (QED) is 0.689. The third-order valence-electron chi connectivity index (χ3n) is 5.08. The van der Waals surface area contributed by atoms with E-state index in [9.17, 15) is 26.4 Å². The molecule has 0 radical (unpaired) electrons. The van der Waals surface area contributed by atoms with Gasteiger partial charge < -0.3 is 4.90 Å². The van der Waals surface area contributed by atoms with Crippen LogP contribution in [0.4, 0.5) is 5.69 Å². The predicted octanol–water partition coefficient (Wildman–Crippen LogP) is 1.30. The van der Waals surface area contributed by atoms with E-state index in [1.165, 1.54) is 30.1 Å². The molecule has 1 aromatic carbocycles. The predicted molar refractivity (Wildman–Crippen MR) is 106 cm³/mol. The van der Waals surface area contributed by atoms with Crippen LogP contribution < -0.4 is 4.31 Å². The third kappa shape index (κ3) is 3.65. The summed E-state index contributed by atoms with van der Waals surface area (Å²) in [6, 6.07) is 3.52. The minimum atomic E-state index is -3.87. The largest absolute Gasteiger partial charge is 0.338 e. The Kier molecular flexibility index (Phi) is 5.04. The van der Waals surface area contributed by atoms with Gasteiger partial charge in [-0.3, -0.25) is 9.59 Å². The normalized spacial score (nSPS) is 25.1. The smallest absolute Gasteiger partial charge is 0.255 e. The molecule has 1 atom stereocenters. The number of nitrogens with zero attached hydrogens (tertiary/aromatic N) is 2. The first-order valence-corrected chi connectivity index (χ1v) is 12.4. The number of sulfonamides is 1. The molecule has 0 bridgehead atoms. The summed E-state index contributed by atoms with van der Waals surface area (Å²) >= 11 is 6.15. The number of amides is 2. The number of carbonyl (C=O) groups excluding carboxylic acids is 2. The van der Waals surface area contributed by atoms with Crippen LogP contribution in [-0.4, -0.2) is 63.9 Å². The van der Waals surface area contributed by atoms with Crippen molar-refractivity contribution in [3.63, 3.8) is 0 Å². The molecule has 2 saturated heterocycles. The fourth-order valence-corrected chi connectivity index (χ4v) is 7.57. The summed E-state index contributed by atoms with van der Waals surface area (Å²) in [4.78, 5) is 26.8. The minimum Gasteiger partial charge on any atom is -0.338 e. The Bertz CT molecular complexity index is 1070. The molecule has 154 valence electrons. The Morgan fingerprint density at radius 2 is 1.89 bits per heavy atom. The van der Waals surface area contributed by atoms with Gasteiger partial charge in [-0.05, 0) is 38.5 Å². The molecule has 2 heterocycles. The number of halogens is 1. The van der Waals surface area contributed by atoms with E-state index in [2.05, 4.69) is 0 Å². The van der Waals surface area contributed by atoms with E-state index in [0.717, 1.165) is 0 Å². The number of hydrogen-bond donors (Lipinski definition) is 0. The molecule has 28 heavy (non-hydrogen) atoms. The molecule has 0 aliphatic carbocycles. The zero-order valence-corrected chi connectivity index (χ0v) is 18.1. The highest BCUT2D eigenvalue weighted by molar-refractivity contribution is 7.94. The lowest BCUT2D eigenvalue weighted by atomic mass is 9.95. The molecule has 8 nitrogen and oxygen atoms in total. The summed E-state index contributed by atoms with van der Waals surface area (Å²) < 4.78 is 49.1. The van der Waals surface area contributed by atoms with Gasteiger partial charge in [-0.1, -0.05) is 11.6 Å². The summed E-state index contributed by atoms with van der Waals surface area (Å²) in [5.41, 5.74) is -1.02. The molecule has 11 heteroatoms. The van der Waals surface area contributed by atoms with Crippen molar-refractivity contribution in [2.75, 3.05) is 28.6 Å². The van der Waals surface area contributed by atoms with E-state index in [0.29, 0.717) is 10.7 Å². The maximum atomic E-state index is 12.9. The molecule has 0 spiro atoms. The second kappa shape index (κ2) is 6.70. The molecule has 2 aliphatic heterocycles. The van der Waals surface area contributed by atoms with Crippen molar-refractivity contribution in [3.8, 4) is 0 Å². The van der Waals surface area contributed by atoms with Gasteiger partial charge in [0.1, 0.15) is 0 Å². The molecule has 0 unspecified atom stereocenters. The first-order chi connectivity index (χ1) is 12.8. The van der Waals surface area contributed by atoms with Gasteiger partial charge in [-0.25, -0.2) is 21.1 Å². The molecule has 3 rings (SSSR count). The fraction of sp³-hybridized carbons (Fsp3) is 0.529. The van der Waals surface area contributed by atoms with Crippen molar-refractivity contribution in [3.05, 3.63) is 28.8 Å². The lowest BCUT2D eigenvalue weighted by Crippen LogP contribution is -2.38. The van der Waals surface area contributed by atoms with Crippen molar-refractivity contribution < 1.29 is 26.4 Å². The van der Waals surface area contributed by atoms with E-state index >= 15 is 0 Å². The first-order valence-electron chi connectivity index (χ1n) is 8.60. The minimum absolute atomic E-state index is 0.0126. The Labute approximate surface area is 169 Å². The maximum Gasteiger partial charge on any atom is 0.255 e. The SMILES string of the molecule is CN(C(=O)c1cc(N2C(=O)C(C)(C)CS2(=O)=O)ccc1Cl)[C@H]1CCS(=O)(=O)C1. The van der Waals surface area contributed by atoms with E-state index in [4.69, 9.17) is 11.6 Å². The molecule has 2 aliphatic rings. The van der Waals surface area contributed by atoms with E-state index < -0.39 is 43.1 Å². The lowest BCUT2D eigenvalue weighted by Gasteiger charge is -2.25. The van der Waals surface area contributed by atoms with Gasteiger partial charge in [0, 0.05) is 13.1 Å². The van der Waals surface area contributed by atoms with Crippen molar-refractivity contribution in [1.29, 1.82) is 0 Å². The molecule has 2 amide bonds. The van der Waals surface area contributed by atoms with Crippen LogP contribution in [0.1, 0.15) is 30.6 Å². The van der Waals surface area contributed by atoms with E-state index in [1.54, 1.807) is 13.8 Å². The summed E-state index contributed by atoms with van der Waals surface area (Å²) in [7, 11) is -5.57. The topological polar surface area (TPSA) is 109 Å². The summed E-state index contributed by atoms with van der Waals surface area (Å²) in [6.45, 7) is 3.09. The Morgan fingerprint density at radius 3 is 2.39 bits per heavy atom. The van der Waals surface area contributed by atoms with Crippen molar-refractivity contribution in [2.45, 2.75) is 26.3 Å². The van der Waals surface area contributed by atoms with Gasteiger partial charge in [0.15, 0.2) is 9.84 Å². The standard InChI is InChI=1S/C17H21ClN2O6S2/c1-17(2)10-28(25,26)20(16(17)22)11-4-5-14(18)13(8-11)15(21)19(3)12-6-7-27(23,24)9-12/h4-5,8,12H,6-7,9-10H2,1-3H3/t12-/m0/s1. The van der Waals surface area contributed by atoms with Crippen molar-refractivity contribution in [2.24, 2.45) is 5.41 Å². The van der Waals surface area contributed by atoms with E-state index in [1.807, 2.05) is 0 Å². The third-order valence-corrected chi connectivity index (χ3v) is 9.18. The van der Waals surface area contributed by atoms with Crippen LogP contribution in [0.3, 0.4) is 0 Å². The van der Waals surface area contributed by atoms with Crippen molar-refractivity contribution in [1.82, 2.24) is 4.90 Å². The van der Waals surface area contributed by atoms with Gasteiger partial charge in [-0.2, -0.15) is 0 Å². The summed E-state index contributed by atoms with van der Waals surface area (Å²) in [6.07, 6.45) is 0.328. The number of carbonyl (C=O) groups is 2. The van der Waals surface area contributed by atoms with Crippen molar-refractivity contribution >= 4 is 49.0 Å². The van der Waals surface area contributed by atoms with Gasteiger partial charge >= 0.3 is 0 Å². The monoisotopic (exact) mass is 448 g/mol. The maximum absolute atomic E-state index is 12.9. The Balaban J connectivity index is 1.96. The van der Waals surface area contributed by atoms with Gasteiger partial charge in [0.25, 0.3) is 5.91 Å². The fourth-order valence-electron chi connectivity index (χ4n) is 3.50. The molecule has 0 N–H and O–H groups in total. The number of rotatable bonds is 3. The highest BCUT2D eigenvalue weighted by atomic mass is 35.5. The van der Waals surface area contributed by atoms with Crippen LogP contribution in [0.15, 0.2) is 18.2 Å². The van der Waals surface area contributed by atoms with Crippen LogP contribution in [0.2, 0.25) is 5.02 Å². The molecule has 1 aromatic rings. The highest BCUT2D eigenvalue weighted by Gasteiger charge is 2.50. The van der Waals surface area contributed by atoms with Gasteiger partial charge in [0.2, 0.25) is 15.9 Å². The van der Waals surface area contributed by atoms with E-state index in [-0.39, 0.29) is 33.5 Å². The molecule has 2 fully saturated rings. The zero-order valence-electron chi connectivity index (χ0n) is 15.7. The number of hydrogen-bond acceptors (Lipinski definition) is 6. The molecular formula is C17H21ClN2O6S2. The molecule has 0 saturated carbocycles. The first kappa shape index (κ1) is 21.1. The number of benzene rings is 1. The number of anilines is 1. The molecular weight excluding hydrogens is 428 g/mol. The van der Waals surface area contributed by atoms with Crippen LogP contribution in [0.25, 0.3) is 0 Å². The van der Waals surface area contributed by atoms with Crippen LogP contribution >= 0.6 is 11.6 Å². The van der Waals surface area contributed by atoms with Gasteiger partial charge in [0.05, 0.1) is 38.9 Å². The molecule has 0 aromatic heterocycles. The van der Waals surface area contributed by atoms with Crippen LogP contribution in [-0.2, 0) is 24.7 Å². The summed E-state index contributed by atoms with van der Waals surface area (Å²) in [5, 5.41) is 0.0877. The van der Waals surface area contributed by atoms with Crippen LogP contribution in [0, 0.1) is 5.41 Å². The zero-order chi connectivity index (χ0) is 21.1. The second-order valence-electron chi connectivity index (χ2n) is 7.85. The average molecular weight is 449 g/mol. The second-order valence-corrected chi connectivity index (χ2v) is 12.3. The van der Waals surface area contributed by atoms with Gasteiger partial charge in [-0.15, -0.1) is 0 Å².